The quantitative estimate of drug-likeness (QED) is 0.439. The molecule has 11 heteroatoms. The third-order valence-electron chi connectivity index (χ3n) is 3.22. The summed E-state index contributed by atoms with van der Waals surface area (Å²) < 4.78 is 0.546. The highest BCUT2D eigenvalue weighted by Gasteiger charge is 2.24. The number of fused-ring (bicyclic) bond motifs is 1. The van der Waals surface area contributed by atoms with Gasteiger partial charge in [0.05, 0.1) is 17.0 Å². The molecule has 0 saturated carbocycles. The zero-order valence-corrected chi connectivity index (χ0v) is 13.2. The van der Waals surface area contributed by atoms with E-state index in [9.17, 15) is 29.6 Å². The van der Waals surface area contributed by atoms with E-state index in [1.54, 1.807) is 0 Å². The molecule has 2 aromatic rings. The molecule has 0 saturated heterocycles. The lowest BCUT2D eigenvalue weighted by molar-refractivity contribution is -0.384. The number of pyridine rings is 1. The standard InChI is InChI=1S/C15H13N3O8/c1-2-5-26-16(8-14(21)22)15(23)17-11-4-3-9(18(24)25)6-10(11)12(19)7-13(17)20/h2-4,6-7,19H,1,5,8H2,(H,21,22). The van der Waals surface area contributed by atoms with Crippen molar-refractivity contribution >= 4 is 28.6 Å². The van der Waals surface area contributed by atoms with Gasteiger partial charge in [0.1, 0.15) is 12.3 Å². The van der Waals surface area contributed by atoms with Gasteiger partial charge in [0, 0.05) is 23.6 Å². The summed E-state index contributed by atoms with van der Waals surface area (Å²) in [6.45, 7) is 2.31. The molecule has 0 aliphatic rings. The molecule has 1 aromatic heterocycles. The Morgan fingerprint density at radius 3 is 2.65 bits per heavy atom. The molecule has 0 aliphatic carbocycles. The number of nitrogens with zero attached hydrogens (tertiary/aromatic N) is 3. The van der Waals surface area contributed by atoms with Gasteiger partial charge in [0.2, 0.25) is 0 Å². The van der Waals surface area contributed by atoms with Crippen molar-refractivity contribution in [3.05, 3.63) is 57.4 Å². The predicted molar refractivity (Wildman–Crippen MR) is 87.8 cm³/mol. The van der Waals surface area contributed by atoms with E-state index < -0.39 is 34.8 Å². The number of hydrogen-bond acceptors (Lipinski definition) is 7. The van der Waals surface area contributed by atoms with Crippen molar-refractivity contribution in [2.75, 3.05) is 13.2 Å². The number of amides is 1. The number of aromatic nitrogens is 1. The highest BCUT2D eigenvalue weighted by Crippen LogP contribution is 2.27. The van der Waals surface area contributed by atoms with Crippen LogP contribution in [0.25, 0.3) is 10.9 Å². The number of aromatic hydroxyl groups is 1. The van der Waals surface area contributed by atoms with Gasteiger partial charge in [-0.1, -0.05) is 6.08 Å². The molecule has 0 bridgehead atoms. The van der Waals surface area contributed by atoms with Gasteiger partial charge in [-0.05, 0) is 6.07 Å². The summed E-state index contributed by atoms with van der Waals surface area (Å²) in [6, 6.07) is 2.67. The minimum atomic E-state index is -1.39. The second-order valence-corrected chi connectivity index (χ2v) is 4.96. The summed E-state index contributed by atoms with van der Waals surface area (Å²) in [5, 5.41) is 30.0. The molecule has 0 unspecified atom stereocenters. The molecule has 0 spiro atoms. The number of nitro groups is 1. The topological polar surface area (TPSA) is 152 Å². The maximum absolute atomic E-state index is 12.6. The number of carbonyl (C=O) groups is 2. The van der Waals surface area contributed by atoms with E-state index in [-0.39, 0.29) is 23.2 Å². The van der Waals surface area contributed by atoms with Crippen LogP contribution in [-0.4, -0.2) is 49.9 Å². The fourth-order valence-corrected chi connectivity index (χ4v) is 2.16. The molecule has 2 N–H and O–H groups in total. The smallest absolute Gasteiger partial charge is 0.356 e. The van der Waals surface area contributed by atoms with E-state index in [1.807, 2.05) is 0 Å². The normalized spacial score (nSPS) is 10.5. The van der Waals surface area contributed by atoms with E-state index in [2.05, 4.69) is 6.58 Å². The number of nitro benzene ring substituents is 1. The Balaban J connectivity index is 2.64. The van der Waals surface area contributed by atoms with Crippen LogP contribution < -0.4 is 5.56 Å². The maximum Gasteiger partial charge on any atom is 0.356 e. The van der Waals surface area contributed by atoms with E-state index in [0.29, 0.717) is 15.7 Å². The van der Waals surface area contributed by atoms with Gasteiger partial charge in [0.25, 0.3) is 11.2 Å². The average Bonchev–Trinajstić information content (AvgIpc) is 2.57. The molecule has 0 fully saturated rings. The number of aliphatic carboxylic acids is 1. The molecule has 1 heterocycles. The zero-order chi connectivity index (χ0) is 19.4. The van der Waals surface area contributed by atoms with Crippen LogP contribution in [0.2, 0.25) is 0 Å². The molecule has 2 rings (SSSR count). The summed E-state index contributed by atoms with van der Waals surface area (Å²) in [7, 11) is 0. The Morgan fingerprint density at radius 2 is 2.08 bits per heavy atom. The van der Waals surface area contributed by atoms with Crippen molar-refractivity contribution < 1.29 is 29.6 Å². The van der Waals surface area contributed by atoms with Crippen molar-refractivity contribution in [1.82, 2.24) is 9.63 Å². The van der Waals surface area contributed by atoms with Gasteiger partial charge < -0.3 is 10.2 Å². The van der Waals surface area contributed by atoms with E-state index in [1.165, 1.54) is 6.08 Å². The van der Waals surface area contributed by atoms with Gasteiger partial charge in [-0.25, -0.2) is 9.36 Å². The summed E-state index contributed by atoms with van der Waals surface area (Å²) >= 11 is 0. The Bertz CT molecular complexity index is 965. The number of carbonyl (C=O) groups excluding carboxylic acids is 1. The van der Waals surface area contributed by atoms with Crippen LogP contribution in [0.4, 0.5) is 10.5 Å². The predicted octanol–water partition coefficient (Wildman–Crippen LogP) is 1.09. The lowest BCUT2D eigenvalue weighted by Gasteiger charge is -2.20. The fourth-order valence-electron chi connectivity index (χ4n) is 2.16. The number of carboxylic acid groups (broad SMARTS) is 1. The van der Waals surface area contributed by atoms with Crippen LogP contribution in [0.5, 0.6) is 5.75 Å². The lowest BCUT2D eigenvalue weighted by atomic mass is 10.1. The molecule has 136 valence electrons. The highest BCUT2D eigenvalue weighted by molar-refractivity contribution is 5.94. The monoisotopic (exact) mass is 363 g/mol. The largest absolute Gasteiger partial charge is 0.507 e. The van der Waals surface area contributed by atoms with Gasteiger partial charge in [-0.15, -0.1) is 6.58 Å². The van der Waals surface area contributed by atoms with Crippen LogP contribution >= 0.6 is 0 Å². The van der Waals surface area contributed by atoms with E-state index in [4.69, 9.17) is 9.94 Å². The molecule has 1 amide bonds. The van der Waals surface area contributed by atoms with Crippen molar-refractivity contribution in [3.8, 4) is 5.75 Å². The Kier molecular flexibility index (Phi) is 5.33. The van der Waals surface area contributed by atoms with Crippen LogP contribution in [0, 0.1) is 10.1 Å². The molecular formula is C15H13N3O8. The Hall–Kier alpha value is -3.73. The molecule has 0 aliphatic heterocycles. The van der Waals surface area contributed by atoms with Crippen LogP contribution in [0.1, 0.15) is 0 Å². The maximum atomic E-state index is 12.6. The highest BCUT2D eigenvalue weighted by atomic mass is 16.7. The first-order chi connectivity index (χ1) is 12.3. The van der Waals surface area contributed by atoms with Gasteiger partial charge in [-0.3, -0.25) is 24.5 Å². The van der Waals surface area contributed by atoms with Crippen LogP contribution in [0.3, 0.4) is 0 Å². The van der Waals surface area contributed by atoms with Crippen LogP contribution in [0.15, 0.2) is 41.7 Å². The summed E-state index contributed by atoms with van der Waals surface area (Å²) in [4.78, 5) is 50.8. The molecule has 0 radical (unpaired) electrons. The molecule has 11 nitrogen and oxygen atoms in total. The minimum absolute atomic E-state index is 0.133. The first kappa shape index (κ1) is 18.6. The van der Waals surface area contributed by atoms with E-state index in [0.717, 1.165) is 18.2 Å². The molecule has 26 heavy (non-hydrogen) atoms. The lowest BCUT2D eigenvalue weighted by Crippen LogP contribution is -2.42. The molecule has 1 aromatic carbocycles. The van der Waals surface area contributed by atoms with Gasteiger partial charge in [-0.2, -0.15) is 5.06 Å². The molecular weight excluding hydrogens is 350 g/mol. The summed E-state index contributed by atoms with van der Waals surface area (Å²) in [5.74, 6) is -1.95. The third-order valence-corrected chi connectivity index (χ3v) is 3.22. The minimum Gasteiger partial charge on any atom is -0.507 e. The Labute approximate surface area is 145 Å². The number of benzene rings is 1. The number of non-ortho nitro benzene ring substituents is 1. The van der Waals surface area contributed by atoms with Gasteiger partial charge in [0.15, 0.2) is 0 Å². The SMILES string of the molecule is C=CCON(CC(=O)O)C(=O)n1c(=O)cc(O)c2cc([N+](=O)[O-])ccc21. The number of hydrogen-bond donors (Lipinski definition) is 2. The van der Waals surface area contributed by atoms with Gasteiger partial charge >= 0.3 is 12.0 Å². The van der Waals surface area contributed by atoms with Crippen molar-refractivity contribution in [2.45, 2.75) is 0 Å². The second-order valence-electron chi connectivity index (χ2n) is 4.96. The van der Waals surface area contributed by atoms with Crippen molar-refractivity contribution in [1.29, 1.82) is 0 Å². The fraction of sp³-hybridized carbons (Fsp3) is 0.133. The number of hydroxylamine groups is 2. The zero-order valence-electron chi connectivity index (χ0n) is 13.2. The first-order valence-corrected chi connectivity index (χ1v) is 7.07. The van der Waals surface area contributed by atoms with Crippen molar-refractivity contribution in [2.24, 2.45) is 0 Å². The second kappa shape index (κ2) is 7.44. The van der Waals surface area contributed by atoms with E-state index >= 15 is 0 Å². The average molecular weight is 363 g/mol. The molecule has 0 atom stereocenters. The summed E-state index contributed by atoms with van der Waals surface area (Å²) in [6.07, 6.45) is 1.27. The van der Waals surface area contributed by atoms with Crippen molar-refractivity contribution in [3.63, 3.8) is 0 Å². The van der Waals surface area contributed by atoms with Crippen LogP contribution in [-0.2, 0) is 9.63 Å². The third kappa shape index (κ3) is 3.67. The first-order valence-electron chi connectivity index (χ1n) is 7.07. The number of rotatable bonds is 6. The summed E-state index contributed by atoms with van der Waals surface area (Å²) in [5.41, 5.74) is -1.48. The number of carboxylic acids is 1. The Morgan fingerprint density at radius 1 is 1.38 bits per heavy atom.